The van der Waals surface area contributed by atoms with Crippen molar-refractivity contribution in [2.75, 3.05) is 0 Å². The van der Waals surface area contributed by atoms with Gasteiger partial charge in [-0.05, 0) is 127 Å². The van der Waals surface area contributed by atoms with Crippen LogP contribution in [0.1, 0.15) is 22.3 Å². The van der Waals surface area contributed by atoms with Gasteiger partial charge < -0.3 is 0 Å². The highest BCUT2D eigenvalue weighted by Gasteiger charge is 2.52. The van der Waals surface area contributed by atoms with E-state index < -0.39 is 5.41 Å². The molecule has 0 amide bonds. The summed E-state index contributed by atoms with van der Waals surface area (Å²) in [6, 6.07) is 73.2. The molecule has 3 aliphatic rings. The molecule has 0 bridgehead atoms. The summed E-state index contributed by atoms with van der Waals surface area (Å²) in [5.41, 5.74) is 20.9. The maximum Gasteiger partial charge on any atom is 0.0731 e. The van der Waals surface area contributed by atoms with Crippen LogP contribution in [0.3, 0.4) is 0 Å². The Morgan fingerprint density at radius 1 is 0.273 bits per heavy atom. The molecule has 0 fully saturated rings. The van der Waals surface area contributed by atoms with Crippen molar-refractivity contribution in [3.63, 3.8) is 0 Å². The number of fused-ring (bicyclic) bond motifs is 17. The Morgan fingerprint density at radius 2 is 0.818 bits per heavy atom. The van der Waals surface area contributed by atoms with E-state index in [2.05, 4.69) is 194 Å². The Labute approximate surface area is 319 Å². The third-order valence-electron chi connectivity index (χ3n) is 13.0. The Morgan fingerprint density at radius 3 is 1.58 bits per heavy atom. The summed E-state index contributed by atoms with van der Waals surface area (Å²) >= 11 is 0. The summed E-state index contributed by atoms with van der Waals surface area (Å²) in [6.45, 7) is 0. The molecule has 0 atom stereocenters. The normalized spacial score (nSPS) is 13.6. The van der Waals surface area contributed by atoms with Crippen molar-refractivity contribution in [2.45, 2.75) is 5.41 Å². The summed E-state index contributed by atoms with van der Waals surface area (Å²) in [7, 11) is 0. The summed E-state index contributed by atoms with van der Waals surface area (Å²) in [4.78, 5) is 0. The van der Waals surface area contributed by atoms with Crippen molar-refractivity contribution >= 4 is 32.3 Å². The van der Waals surface area contributed by atoms with E-state index in [0.717, 1.165) is 0 Å². The van der Waals surface area contributed by atoms with Crippen molar-refractivity contribution in [3.8, 4) is 66.8 Å². The fourth-order valence-electron chi connectivity index (χ4n) is 10.9. The highest BCUT2D eigenvalue weighted by atomic mass is 14.5. The Balaban J connectivity index is 1.06. The predicted molar refractivity (Wildman–Crippen MR) is 231 cm³/mol. The van der Waals surface area contributed by atoms with Gasteiger partial charge in [0.2, 0.25) is 0 Å². The van der Waals surface area contributed by atoms with Gasteiger partial charge in [-0.3, -0.25) is 0 Å². The lowest BCUT2D eigenvalue weighted by atomic mass is 9.69. The zero-order valence-corrected chi connectivity index (χ0v) is 30.0. The first kappa shape index (κ1) is 29.4. The summed E-state index contributed by atoms with van der Waals surface area (Å²) in [5.74, 6) is 0. The minimum atomic E-state index is -0.414. The summed E-state index contributed by atoms with van der Waals surface area (Å²) < 4.78 is 0. The first-order valence-corrected chi connectivity index (χ1v) is 19.4. The van der Waals surface area contributed by atoms with Gasteiger partial charge in [0, 0.05) is 0 Å². The van der Waals surface area contributed by atoms with E-state index in [-0.39, 0.29) is 0 Å². The second kappa shape index (κ2) is 10.6. The van der Waals surface area contributed by atoms with Crippen LogP contribution in [0.5, 0.6) is 0 Å². The second-order valence-electron chi connectivity index (χ2n) is 15.5. The highest BCUT2D eigenvalue weighted by molar-refractivity contribution is 6.19. The topological polar surface area (TPSA) is 0 Å². The molecule has 0 heteroatoms. The minimum absolute atomic E-state index is 0.414. The molecule has 10 aromatic carbocycles. The van der Waals surface area contributed by atoms with Crippen LogP contribution in [-0.2, 0) is 5.41 Å². The SMILES string of the molecule is c1ccc(-c2ccc3c4c(cccc24)-c2ccccc2-3)c(-c2ccc3c4c(ccc3c2)-c2c(ccc3ccccc23)C42c3ccccc3-c3ccccc32)c1. The lowest BCUT2D eigenvalue weighted by Gasteiger charge is -2.31. The molecular formula is C55H32. The van der Waals surface area contributed by atoms with Crippen LogP contribution < -0.4 is 0 Å². The second-order valence-corrected chi connectivity index (χ2v) is 15.5. The zero-order chi connectivity index (χ0) is 35.8. The summed E-state index contributed by atoms with van der Waals surface area (Å²) in [6.07, 6.45) is 0. The molecule has 13 rings (SSSR count). The van der Waals surface area contributed by atoms with E-state index in [1.54, 1.807) is 0 Å². The van der Waals surface area contributed by atoms with Crippen molar-refractivity contribution in [1.82, 2.24) is 0 Å². The number of benzene rings is 10. The van der Waals surface area contributed by atoms with E-state index >= 15 is 0 Å². The maximum absolute atomic E-state index is 2.44. The van der Waals surface area contributed by atoms with Gasteiger partial charge in [-0.15, -0.1) is 0 Å². The van der Waals surface area contributed by atoms with Crippen LogP contribution in [0.15, 0.2) is 194 Å². The zero-order valence-electron chi connectivity index (χ0n) is 30.0. The molecule has 252 valence electrons. The molecule has 0 saturated heterocycles. The summed E-state index contributed by atoms with van der Waals surface area (Å²) in [5, 5.41) is 7.84. The number of rotatable bonds is 2. The van der Waals surface area contributed by atoms with E-state index in [4.69, 9.17) is 0 Å². The predicted octanol–water partition coefficient (Wildman–Crippen LogP) is 14.5. The average Bonchev–Trinajstić information content (AvgIpc) is 3.86. The average molecular weight is 693 g/mol. The number of hydrogen-bond acceptors (Lipinski definition) is 0. The van der Waals surface area contributed by atoms with Gasteiger partial charge in [0.05, 0.1) is 5.41 Å². The number of hydrogen-bond donors (Lipinski definition) is 0. The van der Waals surface area contributed by atoms with Crippen LogP contribution in [-0.4, -0.2) is 0 Å². The standard InChI is InChI=1S/C55H32/c1-2-14-37-33(12-1)26-31-51-53(37)48-28-25-35-32-34(24-27-38(35)54(48)55(51)49-22-9-7-18-43(49)44-19-8-10-23-50(44)55)36-13-3-4-15-39(36)42-29-30-47-41-17-6-5-16-40(41)45-20-11-21-46(42)52(45)47/h1-32H. The van der Waals surface area contributed by atoms with Gasteiger partial charge in [0.15, 0.2) is 0 Å². The third kappa shape index (κ3) is 3.62. The molecule has 0 heterocycles. The molecule has 0 unspecified atom stereocenters. The highest BCUT2D eigenvalue weighted by Crippen LogP contribution is 2.65. The van der Waals surface area contributed by atoms with Crippen LogP contribution in [0, 0.1) is 0 Å². The minimum Gasteiger partial charge on any atom is -0.0619 e. The van der Waals surface area contributed by atoms with Crippen LogP contribution in [0.4, 0.5) is 0 Å². The molecule has 0 saturated carbocycles. The fraction of sp³-hybridized carbons (Fsp3) is 0.0182. The first-order valence-electron chi connectivity index (χ1n) is 19.4. The largest absolute Gasteiger partial charge is 0.0731 e. The molecule has 0 aromatic heterocycles. The lowest BCUT2D eigenvalue weighted by molar-refractivity contribution is 0.802. The van der Waals surface area contributed by atoms with Gasteiger partial charge in [-0.25, -0.2) is 0 Å². The Kier molecular flexibility index (Phi) is 5.65. The van der Waals surface area contributed by atoms with Gasteiger partial charge in [-0.1, -0.05) is 188 Å². The van der Waals surface area contributed by atoms with E-state index in [9.17, 15) is 0 Å². The lowest BCUT2D eigenvalue weighted by Crippen LogP contribution is -2.26. The van der Waals surface area contributed by atoms with Crippen molar-refractivity contribution in [1.29, 1.82) is 0 Å². The maximum atomic E-state index is 2.44. The molecule has 10 aromatic rings. The van der Waals surface area contributed by atoms with Gasteiger partial charge >= 0.3 is 0 Å². The van der Waals surface area contributed by atoms with Crippen LogP contribution >= 0.6 is 0 Å². The van der Waals surface area contributed by atoms with Crippen LogP contribution in [0.25, 0.3) is 99.1 Å². The third-order valence-corrected chi connectivity index (χ3v) is 13.0. The van der Waals surface area contributed by atoms with E-state index in [1.807, 2.05) is 0 Å². The molecule has 0 aliphatic heterocycles. The van der Waals surface area contributed by atoms with Crippen molar-refractivity contribution in [2.24, 2.45) is 0 Å². The molecule has 1 spiro atoms. The monoisotopic (exact) mass is 692 g/mol. The molecule has 0 N–H and O–H groups in total. The van der Waals surface area contributed by atoms with E-state index in [0.29, 0.717) is 0 Å². The smallest absolute Gasteiger partial charge is 0.0619 e. The molecule has 0 nitrogen and oxygen atoms in total. The molecular weight excluding hydrogens is 661 g/mol. The Hall–Kier alpha value is -7.02. The van der Waals surface area contributed by atoms with E-state index in [1.165, 1.54) is 121 Å². The molecule has 0 radical (unpaired) electrons. The quantitative estimate of drug-likeness (QED) is 0.169. The molecule has 55 heavy (non-hydrogen) atoms. The first-order chi connectivity index (χ1) is 27.3. The molecule has 3 aliphatic carbocycles. The van der Waals surface area contributed by atoms with Crippen molar-refractivity contribution in [3.05, 3.63) is 216 Å². The van der Waals surface area contributed by atoms with Gasteiger partial charge in [0.1, 0.15) is 0 Å². The van der Waals surface area contributed by atoms with Crippen LogP contribution in [0.2, 0.25) is 0 Å². The van der Waals surface area contributed by atoms with Gasteiger partial charge in [0.25, 0.3) is 0 Å². The van der Waals surface area contributed by atoms with Crippen molar-refractivity contribution < 1.29 is 0 Å². The van der Waals surface area contributed by atoms with Gasteiger partial charge in [-0.2, -0.15) is 0 Å². The Bertz CT molecular complexity index is 3250. The fourth-order valence-corrected chi connectivity index (χ4v) is 10.9.